The van der Waals surface area contributed by atoms with Crippen molar-refractivity contribution in [2.75, 3.05) is 117 Å². The van der Waals surface area contributed by atoms with Gasteiger partial charge in [0.2, 0.25) is 26.0 Å². The van der Waals surface area contributed by atoms with E-state index in [2.05, 4.69) is 37.2 Å². The predicted octanol–water partition coefficient (Wildman–Crippen LogP) is 5.87. The van der Waals surface area contributed by atoms with Crippen molar-refractivity contribution in [3.63, 3.8) is 0 Å². The fraction of sp³-hybridized carbons (Fsp3) is 0.538. The quantitative estimate of drug-likeness (QED) is 0.0999. The van der Waals surface area contributed by atoms with E-state index in [0.29, 0.717) is 33.4 Å². The Hall–Kier alpha value is -5.02. The van der Waals surface area contributed by atoms with Crippen LogP contribution in [0, 0.1) is 53.4 Å². The largest absolute Gasteiger partial charge is 0.480 e. The Balaban J connectivity index is 0.000000257. The minimum atomic E-state index is -3.63. The number of aryl methyl sites for hydroxylation is 6. The number of nitrogens with one attached hydrogen (secondary N) is 1. The van der Waals surface area contributed by atoms with E-state index in [1.807, 2.05) is 95.9 Å². The van der Waals surface area contributed by atoms with Crippen molar-refractivity contribution in [1.82, 2.24) is 28.8 Å². The summed E-state index contributed by atoms with van der Waals surface area (Å²) in [6, 6.07) is 15.7. The zero-order chi connectivity index (χ0) is 52.3. The molecule has 2 aromatic carbocycles. The molecule has 392 valence electrons. The number of carbonyl (C=O) groups excluding carboxylic acids is 1. The van der Waals surface area contributed by atoms with Gasteiger partial charge in [0, 0.05) is 103 Å². The van der Waals surface area contributed by atoms with Gasteiger partial charge < -0.3 is 34.6 Å². The number of sulfonamides is 2. The summed E-state index contributed by atoms with van der Waals surface area (Å²) in [4.78, 5) is 38.2. The number of hydrogen-bond acceptors (Lipinski definition) is 13. The molecule has 6 rings (SSSR count). The first kappa shape index (κ1) is 58.5. The topological polar surface area (TPSA) is 195 Å². The standard InChI is InChI=1S/C26H38N4O4S.C14H21NO5S.C12H19N3/c1-20-16-21(2)26(22(3)17-20)35(32,33)29(5)14-15-34-19-25(31)28(4)18-23-8-12-30(13-9-23)24-6-10-27-11-7-24;1-10-7-11(2)14(12(3)8-10)21(18,19)15(4)5-6-20-9-13(16)17;1-13-10-11-4-8-15(9-5-11)12-2-6-14-7-3-12/h6-7,10-11,16-17,23H,8-9,12-15,18-19H2,1-5H3;7-8H,5-6,9H2,1-4H3,(H,16,17);2-3,6-7,11,13H,4-5,8-10H2,1H3. The van der Waals surface area contributed by atoms with Crippen LogP contribution in [0.2, 0.25) is 0 Å². The Labute approximate surface area is 423 Å². The fourth-order valence-electron chi connectivity index (χ4n) is 9.17. The molecule has 2 saturated heterocycles. The maximum atomic E-state index is 13.0. The number of ether oxygens (including phenoxy) is 2. The smallest absolute Gasteiger partial charge is 0.329 e. The van der Waals surface area contributed by atoms with Gasteiger partial charge in [-0.2, -0.15) is 8.61 Å². The molecule has 0 atom stereocenters. The van der Waals surface area contributed by atoms with Gasteiger partial charge in [-0.1, -0.05) is 35.4 Å². The predicted molar refractivity (Wildman–Crippen MR) is 280 cm³/mol. The average Bonchev–Trinajstić information content (AvgIpc) is 3.32. The summed E-state index contributed by atoms with van der Waals surface area (Å²) in [5.74, 6) is 0.149. The van der Waals surface area contributed by atoms with E-state index < -0.39 is 32.6 Å². The van der Waals surface area contributed by atoms with Gasteiger partial charge in [0.05, 0.1) is 23.0 Å². The molecular formula is C52H78N8O9S2. The fourth-order valence-corrected chi connectivity index (χ4v) is 12.3. The second kappa shape index (κ2) is 28.3. The third-order valence-electron chi connectivity index (χ3n) is 12.8. The van der Waals surface area contributed by atoms with Crippen molar-refractivity contribution in [2.24, 2.45) is 11.8 Å². The minimum Gasteiger partial charge on any atom is -0.480 e. The number of carboxylic acid groups (broad SMARTS) is 1. The lowest BCUT2D eigenvalue weighted by molar-refractivity contribution is -0.142. The van der Waals surface area contributed by atoms with Gasteiger partial charge in [-0.05, 0) is 139 Å². The molecule has 4 aromatic rings. The number of likely N-dealkylation sites (N-methyl/N-ethyl adjacent to an activating group) is 3. The van der Waals surface area contributed by atoms with Gasteiger partial charge in [-0.3, -0.25) is 14.8 Å². The van der Waals surface area contributed by atoms with Crippen LogP contribution < -0.4 is 15.1 Å². The van der Waals surface area contributed by atoms with Crippen LogP contribution in [0.3, 0.4) is 0 Å². The zero-order valence-corrected chi connectivity index (χ0v) is 45.2. The molecule has 2 fully saturated rings. The van der Waals surface area contributed by atoms with Crippen LogP contribution in [0.25, 0.3) is 0 Å². The summed E-state index contributed by atoms with van der Waals surface area (Å²) in [5, 5.41) is 11.7. The normalized spacial score (nSPS) is 14.7. The second-order valence-electron chi connectivity index (χ2n) is 18.7. The Morgan fingerprint density at radius 3 is 1.37 bits per heavy atom. The van der Waals surface area contributed by atoms with Crippen LogP contribution >= 0.6 is 0 Å². The lowest BCUT2D eigenvalue weighted by Gasteiger charge is -2.35. The molecule has 0 saturated carbocycles. The van der Waals surface area contributed by atoms with Crippen molar-refractivity contribution in [3.05, 3.63) is 107 Å². The molecule has 2 aromatic heterocycles. The van der Waals surface area contributed by atoms with Gasteiger partial charge in [-0.15, -0.1) is 0 Å². The van der Waals surface area contributed by atoms with Crippen LogP contribution in [-0.2, 0) is 39.1 Å². The van der Waals surface area contributed by atoms with Crippen LogP contribution in [0.4, 0.5) is 11.4 Å². The average molecular weight is 1020 g/mol. The van der Waals surface area contributed by atoms with Crippen molar-refractivity contribution >= 4 is 43.3 Å². The summed E-state index contributed by atoms with van der Waals surface area (Å²) in [7, 11) is -0.394. The van der Waals surface area contributed by atoms with E-state index in [4.69, 9.17) is 14.6 Å². The van der Waals surface area contributed by atoms with Crippen LogP contribution in [-0.4, -0.2) is 164 Å². The molecule has 4 heterocycles. The van der Waals surface area contributed by atoms with E-state index in [1.54, 1.807) is 32.8 Å². The molecule has 0 aliphatic carbocycles. The third-order valence-corrected chi connectivity index (χ3v) is 17.2. The summed E-state index contributed by atoms with van der Waals surface area (Å²) in [6.07, 6.45) is 12.0. The Morgan fingerprint density at radius 1 is 0.634 bits per heavy atom. The first-order valence-electron chi connectivity index (χ1n) is 24.3. The van der Waals surface area contributed by atoms with E-state index in [0.717, 1.165) is 60.6 Å². The molecule has 19 heteroatoms. The van der Waals surface area contributed by atoms with Gasteiger partial charge in [0.25, 0.3) is 0 Å². The molecule has 0 spiro atoms. The summed E-state index contributed by atoms with van der Waals surface area (Å²) in [5.41, 5.74) is 7.42. The number of anilines is 2. The highest BCUT2D eigenvalue weighted by atomic mass is 32.2. The Kier molecular flexibility index (Phi) is 23.3. The number of carbonyl (C=O) groups is 2. The number of amides is 1. The van der Waals surface area contributed by atoms with Gasteiger partial charge in [-0.25, -0.2) is 21.6 Å². The molecule has 0 bridgehead atoms. The number of pyridine rings is 2. The molecule has 2 N–H and O–H groups in total. The number of piperidine rings is 2. The molecule has 1 amide bonds. The van der Waals surface area contributed by atoms with Crippen LogP contribution in [0.1, 0.15) is 59.1 Å². The molecule has 0 unspecified atom stereocenters. The SMILES string of the molecule is CNCC1CCN(c2ccncc2)CC1.Cc1cc(C)c(S(=O)(=O)N(C)CCOCC(=O)N(C)CC2CCN(c3ccncc3)CC2)c(C)c1.Cc1cc(C)c(S(=O)(=O)N(C)CCOCC(=O)O)c(C)c1. The second-order valence-corrected chi connectivity index (χ2v) is 22.7. The maximum Gasteiger partial charge on any atom is 0.329 e. The van der Waals surface area contributed by atoms with Gasteiger partial charge in [0.1, 0.15) is 13.2 Å². The molecule has 0 radical (unpaired) electrons. The number of aromatic nitrogens is 2. The van der Waals surface area contributed by atoms with Crippen LogP contribution in [0.15, 0.2) is 83.1 Å². The highest BCUT2D eigenvalue weighted by molar-refractivity contribution is 7.89. The highest BCUT2D eigenvalue weighted by Gasteiger charge is 2.27. The van der Waals surface area contributed by atoms with Crippen molar-refractivity contribution in [3.8, 4) is 0 Å². The van der Waals surface area contributed by atoms with Crippen molar-refractivity contribution in [1.29, 1.82) is 0 Å². The number of rotatable bonds is 20. The third kappa shape index (κ3) is 17.9. The molecule has 2 aliphatic heterocycles. The van der Waals surface area contributed by atoms with E-state index >= 15 is 0 Å². The number of nitrogens with zero attached hydrogens (tertiary/aromatic N) is 7. The van der Waals surface area contributed by atoms with E-state index in [1.165, 1.54) is 53.0 Å². The summed E-state index contributed by atoms with van der Waals surface area (Å²) >= 11 is 0. The lowest BCUT2D eigenvalue weighted by atomic mass is 9.96. The first-order chi connectivity index (χ1) is 33.6. The van der Waals surface area contributed by atoms with E-state index in [9.17, 15) is 26.4 Å². The maximum absolute atomic E-state index is 13.0. The monoisotopic (exact) mass is 1020 g/mol. The Morgan fingerprint density at radius 2 is 1.00 bits per heavy atom. The van der Waals surface area contributed by atoms with Gasteiger partial charge >= 0.3 is 5.97 Å². The molecule has 17 nitrogen and oxygen atoms in total. The van der Waals surface area contributed by atoms with Gasteiger partial charge in [0.15, 0.2) is 0 Å². The minimum absolute atomic E-state index is 0.0337. The van der Waals surface area contributed by atoms with Crippen LogP contribution in [0.5, 0.6) is 0 Å². The molecular weight excluding hydrogens is 945 g/mol. The summed E-state index contributed by atoms with van der Waals surface area (Å²) < 4.78 is 64.1. The number of benzene rings is 2. The Bertz CT molecular complexity index is 2470. The molecule has 2 aliphatic rings. The number of carboxylic acids is 1. The summed E-state index contributed by atoms with van der Waals surface area (Å²) in [6.45, 7) is 17.2. The van der Waals surface area contributed by atoms with Crippen molar-refractivity contribution in [2.45, 2.75) is 77.0 Å². The highest BCUT2D eigenvalue weighted by Crippen LogP contribution is 2.27. The number of hydrogen-bond donors (Lipinski definition) is 2. The molecule has 71 heavy (non-hydrogen) atoms. The first-order valence-corrected chi connectivity index (χ1v) is 27.2. The van der Waals surface area contributed by atoms with E-state index in [-0.39, 0.29) is 38.8 Å². The number of aliphatic carboxylic acids is 1. The van der Waals surface area contributed by atoms with Crippen molar-refractivity contribution < 1.29 is 41.0 Å². The lowest BCUT2D eigenvalue weighted by Crippen LogP contribution is -2.40. The zero-order valence-electron chi connectivity index (χ0n) is 43.6.